The second kappa shape index (κ2) is 9.14. The number of ether oxygens (including phenoxy) is 2. The van der Waals surface area contributed by atoms with Gasteiger partial charge in [0.2, 0.25) is 0 Å². The Labute approximate surface area is 164 Å². The van der Waals surface area contributed by atoms with Gasteiger partial charge in [-0.1, -0.05) is 23.2 Å². The number of nitrogens with zero attached hydrogens (tertiary/aromatic N) is 2. The molecule has 8 nitrogen and oxygen atoms in total. The highest BCUT2D eigenvalue weighted by Crippen LogP contribution is 2.31. The minimum Gasteiger partial charge on any atom is -0.489 e. The van der Waals surface area contributed by atoms with Gasteiger partial charge in [0.1, 0.15) is 29.4 Å². The van der Waals surface area contributed by atoms with Crippen molar-refractivity contribution in [3.05, 3.63) is 40.5 Å². The van der Waals surface area contributed by atoms with Crippen LogP contribution in [0.25, 0.3) is 0 Å². The highest BCUT2D eigenvalue weighted by Gasteiger charge is 2.17. The lowest BCUT2D eigenvalue weighted by atomic mass is 10.2. The smallest absolute Gasteiger partial charge is 0.325 e. The van der Waals surface area contributed by atoms with Crippen molar-refractivity contribution < 1.29 is 18.7 Å². The van der Waals surface area contributed by atoms with E-state index in [1.165, 1.54) is 18.5 Å². The summed E-state index contributed by atoms with van der Waals surface area (Å²) in [7, 11) is 0. The standard InChI is InChI=1S/C16H16Cl2FN5O3/c17-10-3-12(23-16(25)24-15-7-21-14(18)6-22-15)13(4-11(10)19)27-8-9-5-20-1-2-26-9/h3-4,6-7,9,20H,1-2,5,8H2,(H2,22,23,24,25)/t9-/m0/s1. The molecule has 0 radical (unpaired) electrons. The molecule has 1 fully saturated rings. The fraction of sp³-hybridized carbons (Fsp3) is 0.312. The molecule has 0 bridgehead atoms. The molecular formula is C16H16Cl2FN5O3. The highest BCUT2D eigenvalue weighted by atomic mass is 35.5. The Morgan fingerprint density at radius 1 is 1.33 bits per heavy atom. The highest BCUT2D eigenvalue weighted by molar-refractivity contribution is 6.31. The largest absolute Gasteiger partial charge is 0.489 e. The van der Waals surface area contributed by atoms with Gasteiger partial charge in [-0.15, -0.1) is 0 Å². The third kappa shape index (κ3) is 5.64. The first-order chi connectivity index (χ1) is 13.0. The average Bonchev–Trinajstić information content (AvgIpc) is 2.66. The number of aromatic nitrogens is 2. The molecule has 11 heteroatoms. The summed E-state index contributed by atoms with van der Waals surface area (Å²) in [6, 6.07) is 1.74. The number of benzene rings is 1. The van der Waals surface area contributed by atoms with Crippen LogP contribution in [0.5, 0.6) is 5.75 Å². The summed E-state index contributed by atoms with van der Waals surface area (Å²) >= 11 is 11.5. The van der Waals surface area contributed by atoms with Crippen molar-refractivity contribution in [1.29, 1.82) is 0 Å². The molecular weight excluding hydrogens is 400 g/mol. The monoisotopic (exact) mass is 415 g/mol. The average molecular weight is 416 g/mol. The molecule has 0 unspecified atom stereocenters. The van der Waals surface area contributed by atoms with E-state index in [9.17, 15) is 9.18 Å². The van der Waals surface area contributed by atoms with Crippen molar-refractivity contribution in [2.45, 2.75) is 6.10 Å². The van der Waals surface area contributed by atoms with Gasteiger partial charge in [-0.3, -0.25) is 5.32 Å². The topological polar surface area (TPSA) is 97.4 Å². The number of hydrogen-bond donors (Lipinski definition) is 3. The lowest BCUT2D eigenvalue weighted by Gasteiger charge is -2.24. The first-order valence-electron chi connectivity index (χ1n) is 8.01. The second-order valence-corrected chi connectivity index (χ2v) is 6.37. The quantitative estimate of drug-likeness (QED) is 0.694. The van der Waals surface area contributed by atoms with Crippen LogP contribution in [-0.4, -0.2) is 48.4 Å². The zero-order valence-corrected chi connectivity index (χ0v) is 15.5. The van der Waals surface area contributed by atoms with Crippen LogP contribution in [0.15, 0.2) is 24.5 Å². The maximum Gasteiger partial charge on any atom is 0.325 e. The lowest BCUT2D eigenvalue weighted by Crippen LogP contribution is -2.41. The number of halogens is 3. The van der Waals surface area contributed by atoms with Crippen molar-refractivity contribution in [3.8, 4) is 5.75 Å². The Bertz CT molecular complexity index is 803. The van der Waals surface area contributed by atoms with Gasteiger partial charge in [-0.05, 0) is 6.07 Å². The lowest BCUT2D eigenvalue weighted by molar-refractivity contribution is 0.000295. The summed E-state index contributed by atoms with van der Waals surface area (Å²) in [5.74, 6) is -0.346. The van der Waals surface area contributed by atoms with E-state index in [0.29, 0.717) is 13.2 Å². The predicted octanol–water partition coefficient (Wildman–Crippen LogP) is 2.93. The van der Waals surface area contributed by atoms with Crippen molar-refractivity contribution in [1.82, 2.24) is 15.3 Å². The summed E-state index contributed by atoms with van der Waals surface area (Å²) in [4.78, 5) is 19.9. The van der Waals surface area contributed by atoms with Crippen molar-refractivity contribution >= 4 is 40.7 Å². The summed E-state index contributed by atoms with van der Waals surface area (Å²) < 4.78 is 25.0. The zero-order valence-electron chi connectivity index (χ0n) is 14.0. The van der Waals surface area contributed by atoms with Gasteiger partial charge in [-0.25, -0.2) is 19.2 Å². The molecule has 3 N–H and O–H groups in total. The fourth-order valence-electron chi connectivity index (χ4n) is 2.30. The van der Waals surface area contributed by atoms with Gasteiger partial charge < -0.3 is 20.1 Å². The number of morpholine rings is 1. The molecule has 27 heavy (non-hydrogen) atoms. The number of rotatable bonds is 5. The Morgan fingerprint density at radius 3 is 2.89 bits per heavy atom. The van der Waals surface area contributed by atoms with E-state index in [-0.39, 0.29) is 40.1 Å². The van der Waals surface area contributed by atoms with Crippen LogP contribution in [0.1, 0.15) is 0 Å². The molecule has 3 rings (SSSR count). The molecule has 0 spiro atoms. The van der Waals surface area contributed by atoms with E-state index < -0.39 is 11.8 Å². The molecule has 2 aromatic rings. The fourth-order valence-corrected chi connectivity index (χ4v) is 2.56. The SMILES string of the molecule is O=C(Nc1cnc(Cl)cn1)Nc1cc(Cl)c(F)cc1OC[C@@H]1CNCCO1. The van der Waals surface area contributed by atoms with Crippen LogP contribution >= 0.6 is 23.2 Å². The summed E-state index contributed by atoms with van der Waals surface area (Å²) in [5, 5.41) is 8.23. The molecule has 1 aliphatic heterocycles. The van der Waals surface area contributed by atoms with Gasteiger partial charge in [0.05, 0.1) is 29.7 Å². The molecule has 2 amide bonds. The molecule has 1 aromatic carbocycles. The Balaban J connectivity index is 1.67. The minimum atomic E-state index is -0.663. The van der Waals surface area contributed by atoms with Gasteiger partial charge >= 0.3 is 6.03 Å². The van der Waals surface area contributed by atoms with E-state index in [4.69, 9.17) is 32.7 Å². The van der Waals surface area contributed by atoms with Crippen molar-refractivity contribution in [2.24, 2.45) is 0 Å². The molecule has 0 saturated carbocycles. The van der Waals surface area contributed by atoms with Gasteiger partial charge in [-0.2, -0.15) is 0 Å². The minimum absolute atomic E-state index is 0.128. The molecule has 1 atom stereocenters. The van der Waals surface area contributed by atoms with Gasteiger partial charge in [0.25, 0.3) is 0 Å². The number of carbonyl (C=O) groups excluding carboxylic acids is 1. The van der Waals surface area contributed by atoms with Crippen molar-refractivity contribution in [3.63, 3.8) is 0 Å². The van der Waals surface area contributed by atoms with Crippen LogP contribution in [-0.2, 0) is 4.74 Å². The summed E-state index contributed by atoms with van der Waals surface area (Å²) in [6.07, 6.45) is 2.41. The number of amides is 2. The Kier molecular flexibility index (Phi) is 6.62. The van der Waals surface area contributed by atoms with Crippen LogP contribution in [0.3, 0.4) is 0 Å². The van der Waals surface area contributed by atoms with E-state index in [2.05, 4.69) is 25.9 Å². The molecule has 144 valence electrons. The van der Waals surface area contributed by atoms with Crippen LogP contribution < -0.4 is 20.7 Å². The maximum absolute atomic E-state index is 13.8. The van der Waals surface area contributed by atoms with Gasteiger partial charge in [0.15, 0.2) is 5.82 Å². The predicted molar refractivity (Wildman–Crippen MR) is 99.2 cm³/mol. The summed E-state index contributed by atoms with van der Waals surface area (Å²) in [5.41, 5.74) is 0.199. The van der Waals surface area contributed by atoms with Gasteiger partial charge in [0, 0.05) is 19.2 Å². The third-order valence-corrected chi connectivity index (χ3v) is 4.05. The first-order valence-corrected chi connectivity index (χ1v) is 8.76. The summed E-state index contributed by atoms with van der Waals surface area (Å²) in [6.45, 7) is 2.15. The number of nitrogens with one attached hydrogen (secondary N) is 3. The zero-order chi connectivity index (χ0) is 19.2. The van der Waals surface area contributed by atoms with Crippen LogP contribution in [0.4, 0.5) is 20.7 Å². The number of carbonyl (C=O) groups is 1. The molecule has 2 heterocycles. The molecule has 0 aliphatic carbocycles. The number of hydrogen-bond acceptors (Lipinski definition) is 6. The number of anilines is 2. The van der Waals surface area contributed by atoms with Crippen LogP contribution in [0.2, 0.25) is 10.2 Å². The molecule has 1 aliphatic rings. The first kappa shape index (κ1) is 19.6. The van der Waals surface area contributed by atoms with E-state index in [1.807, 2.05) is 0 Å². The maximum atomic E-state index is 13.8. The molecule has 1 aromatic heterocycles. The van der Waals surface area contributed by atoms with E-state index in [0.717, 1.165) is 12.6 Å². The van der Waals surface area contributed by atoms with E-state index >= 15 is 0 Å². The molecule has 1 saturated heterocycles. The van der Waals surface area contributed by atoms with Crippen LogP contribution in [0, 0.1) is 5.82 Å². The third-order valence-electron chi connectivity index (χ3n) is 3.56. The van der Waals surface area contributed by atoms with E-state index in [1.54, 1.807) is 0 Å². The number of urea groups is 1. The normalized spacial score (nSPS) is 16.6. The Morgan fingerprint density at radius 2 is 2.19 bits per heavy atom. The van der Waals surface area contributed by atoms with Crippen molar-refractivity contribution in [2.75, 3.05) is 36.9 Å². The second-order valence-electron chi connectivity index (χ2n) is 5.57. The Hall–Kier alpha value is -2.20.